The molecule has 2 aromatic heterocycles. The van der Waals surface area contributed by atoms with Gasteiger partial charge in [0.05, 0.1) is 0 Å². The molecule has 4 nitrogen and oxygen atoms in total. The smallest absolute Gasteiger partial charge is 0.264 e. The van der Waals surface area contributed by atoms with Crippen LogP contribution in [0.3, 0.4) is 0 Å². The van der Waals surface area contributed by atoms with Crippen LogP contribution < -0.4 is 0 Å². The van der Waals surface area contributed by atoms with E-state index in [1.807, 2.05) is 0 Å². The molecule has 3 aromatic rings. The fourth-order valence-corrected chi connectivity index (χ4v) is 1.66. The van der Waals surface area contributed by atoms with E-state index in [4.69, 9.17) is 4.52 Å². The van der Waals surface area contributed by atoms with Crippen molar-refractivity contribution in [1.29, 1.82) is 0 Å². The van der Waals surface area contributed by atoms with Crippen molar-refractivity contribution in [3.8, 4) is 22.8 Å². The van der Waals surface area contributed by atoms with Crippen LogP contribution in [0.25, 0.3) is 22.8 Å². The topological polar surface area (TPSA) is 51.8 Å². The number of hydrogen-bond acceptors (Lipinski definition) is 4. The summed E-state index contributed by atoms with van der Waals surface area (Å²) in [4.78, 5) is 7.71. The molecular formula is C13H6F3N3O. The Bertz CT molecular complexity index is 759. The Kier molecular flexibility index (Phi) is 2.94. The number of pyridine rings is 1. The molecule has 0 atom stereocenters. The van der Waals surface area contributed by atoms with Gasteiger partial charge in [0.1, 0.15) is 11.4 Å². The number of halogens is 3. The summed E-state index contributed by atoms with van der Waals surface area (Å²) in [6.07, 6.45) is 3.02. The van der Waals surface area contributed by atoms with Crippen molar-refractivity contribution in [1.82, 2.24) is 15.1 Å². The first kappa shape index (κ1) is 12.3. The van der Waals surface area contributed by atoms with E-state index in [1.165, 1.54) is 6.20 Å². The number of aromatic nitrogens is 3. The van der Waals surface area contributed by atoms with Gasteiger partial charge in [-0.05, 0) is 24.3 Å². The molecule has 0 N–H and O–H groups in total. The monoisotopic (exact) mass is 277 g/mol. The lowest BCUT2D eigenvalue weighted by atomic mass is 10.2. The van der Waals surface area contributed by atoms with Gasteiger partial charge in [-0.25, -0.2) is 13.2 Å². The summed E-state index contributed by atoms with van der Waals surface area (Å²) in [6.45, 7) is 0. The standard InChI is InChI=1S/C13H6F3N3O/c14-8-3-4-9(15)11(16)10(8)13-18-12(19-20-13)7-2-1-5-17-6-7/h1-6H. The Morgan fingerprint density at radius 3 is 2.55 bits per heavy atom. The molecule has 0 bridgehead atoms. The minimum atomic E-state index is -1.37. The zero-order valence-corrected chi connectivity index (χ0v) is 9.85. The van der Waals surface area contributed by atoms with Gasteiger partial charge in [-0.1, -0.05) is 5.16 Å². The molecule has 0 aliphatic rings. The van der Waals surface area contributed by atoms with Gasteiger partial charge in [0.15, 0.2) is 11.6 Å². The van der Waals surface area contributed by atoms with Crippen LogP contribution >= 0.6 is 0 Å². The summed E-state index contributed by atoms with van der Waals surface area (Å²) in [5.74, 6) is -3.87. The first-order valence-corrected chi connectivity index (χ1v) is 5.55. The van der Waals surface area contributed by atoms with E-state index in [2.05, 4.69) is 15.1 Å². The lowest BCUT2D eigenvalue weighted by molar-refractivity contribution is 0.422. The third kappa shape index (κ3) is 2.03. The van der Waals surface area contributed by atoms with Crippen LogP contribution in [-0.2, 0) is 0 Å². The van der Waals surface area contributed by atoms with Gasteiger partial charge < -0.3 is 4.52 Å². The normalized spacial score (nSPS) is 10.8. The van der Waals surface area contributed by atoms with E-state index >= 15 is 0 Å². The molecule has 0 spiro atoms. The highest BCUT2D eigenvalue weighted by Gasteiger charge is 2.21. The van der Waals surface area contributed by atoms with Gasteiger partial charge >= 0.3 is 0 Å². The summed E-state index contributed by atoms with van der Waals surface area (Å²) >= 11 is 0. The highest BCUT2D eigenvalue weighted by Crippen LogP contribution is 2.27. The predicted molar refractivity (Wildman–Crippen MR) is 62.8 cm³/mol. The lowest BCUT2D eigenvalue weighted by Gasteiger charge is -1.99. The summed E-state index contributed by atoms with van der Waals surface area (Å²) in [5, 5.41) is 3.59. The van der Waals surface area contributed by atoms with Gasteiger partial charge in [0, 0.05) is 18.0 Å². The second kappa shape index (κ2) is 4.76. The molecular weight excluding hydrogens is 271 g/mol. The maximum atomic E-state index is 13.6. The summed E-state index contributed by atoms with van der Waals surface area (Å²) < 4.78 is 45.1. The molecule has 20 heavy (non-hydrogen) atoms. The summed E-state index contributed by atoms with van der Waals surface area (Å²) in [5.41, 5.74) is -0.174. The summed E-state index contributed by atoms with van der Waals surface area (Å²) in [6, 6.07) is 4.78. The quantitative estimate of drug-likeness (QED) is 0.675. The van der Waals surface area contributed by atoms with Crippen LogP contribution in [0.5, 0.6) is 0 Å². The molecule has 0 aliphatic carbocycles. The average Bonchev–Trinajstić information content (AvgIpc) is 2.94. The van der Waals surface area contributed by atoms with Gasteiger partial charge in [-0.3, -0.25) is 4.98 Å². The molecule has 0 unspecified atom stereocenters. The highest BCUT2D eigenvalue weighted by molar-refractivity contribution is 5.60. The zero-order valence-electron chi connectivity index (χ0n) is 9.85. The van der Waals surface area contributed by atoms with Crippen LogP contribution in [-0.4, -0.2) is 15.1 Å². The number of nitrogens with zero attached hydrogens (tertiary/aromatic N) is 3. The first-order chi connectivity index (χ1) is 9.66. The van der Waals surface area contributed by atoms with Crippen molar-refractivity contribution >= 4 is 0 Å². The van der Waals surface area contributed by atoms with Gasteiger partial charge in [0.2, 0.25) is 5.82 Å². The Hall–Kier alpha value is -2.70. The van der Waals surface area contributed by atoms with E-state index in [9.17, 15) is 13.2 Å². The lowest BCUT2D eigenvalue weighted by Crippen LogP contribution is -1.94. The maximum Gasteiger partial charge on any atom is 0.264 e. The fraction of sp³-hybridized carbons (Fsp3) is 0. The molecule has 7 heteroatoms. The average molecular weight is 277 g/mol. The van der Waals surface area contributed by atoms with E-state index in [0.717, 1.165) is 6.07 Å². The molecule has 0 saturated heterocycles. The largest absolute Gasteiger partial charge is 0.333 e. The minimum absolute atomic E-state index is 0.108. The molecule has 3 rings (SSSR count). The van der Waals surface area contributed by atoms with Crippen LogP contribution in [0.2, 0.25) is 0 Å². The SMILES string of the molecule is Fc1ccc(F)c(-c2nc(-c3cccnc3)no2)c1F. The minimum Gasteiger partial charge on any atom is -0.333 e. The van der Waals surface area contributed by atoms with Crippen molar-refractivity contribution in [2.24, 2.45) is 0 Å². The van der Waals surface area contributed by atoms with Gasteiger partial charge in [0.25, 0.3) is 5.89 Å². The maximum absolute atomic E-state index is 13.6. The van der Waals surface area contributed by atoms with Crippen molar-refractivity contribution in [3.63, 3.8) is 0 Å². The number of rotatable bonds is 2. The summed E-state index contributed by atoms with van der Waals surface area (Å²) in [7, 11) is 0. The van der Waals surface area contributed by atoms with E-state index in [1.54, 1.807) is 18.3 Å². The Morgan fingerprint density at radius 2 is 1.80 bits per heavy atom. The van der Waals surface area contributed by atoms with Crippen molar-refractivity contribution in [2.75, 3.05) is 0 Å². The van der Waals surface area contributed by atoms with Crippen molar-refractivity contribution in [2.45, 2.75) is 0 Å². The molecule has 2 heterocycles. The predicted octanol–water partition coefficient (Wildman–Crippen LogP) is 3.22. The first-order valence-electron chi connectivity index (χ1n) is 5.55. The molecule has 0 aliphatic heterocycles. The van der Waals surface area contributed by atoms with Crippen molar-refractivity contribution < 1.29 is 17.7 Å². The molecule has 1 aromatic carbocycles. The van der Waals surface area contributed by atoms with Crippen molar-refractivity contribution in [3.05, 3.63) is 54.1 Å². The second-order valence-electron chi connectivity index (χ2n) is 3.88. The Labute approximate surface area is 110 Å². The number of hydrogen-bond donors (Lipinski definition) is 0. The molecule has 0 fully saturated rings. The third-order valence-corrected chi connectivity index (χ3v) is 2.60. The van der Waals surface area contributed by atoms with E-state index in [0.29, 0.717) is 11.6 Å². The molecule has 100 valence electrons. The van der Waals surface area contributed by atoms with Crippen LogP contribution in [0, 0.1) is 17.5 Å². The van der Waals surface area contributed by atoms with Gasteiger partial charge in [-0.2, -0.15) is 4.98 Å². The zero-order chi connectivity index (χ0) is 14.1. The van der Waals surface area contributed by atoms with E-state index < -0.39 is 28.9 Å². The molecule has 0 radical (unpaired) electrons. The fourth-order valence-electron chi connectivity index (χ4n) is 1.66. The highest BCUT2D eigenvalue weighted by atomic mass is 19.2. The number of benzene rings is 1. The van der Waals surface area contributed by atoms with Crippen LogP contribution in [0.4, 0.5) is 13.2 Å². The molecule has 0 amide bonds. The Balaban J connectivity index is 2.10. The Morgan fingerprint density at radius 1 is 1.00 bits per heavy atom. The van der Waals surface area contributed by atoms with Crippen LogP contribution in [0.1, 0.15) is 0 Å². The second-order valence-corrected chi connectivity index (χ2v) is 3.88. The molecule has 0 saturated carbocycles. The van der Waals surface area contributed by atoms with E-state index in [-0.39, 0.29) is 5.82 Å². The van der Waals surface area contributed by atoms with Gasteiger partial charge in [-0.15, -0.1) is 0 Å². The van der Waals surface area contributed by atoms with Crippen LogP contribution in [0.15, 0.2) is 41.2 Å². The third-order valence-electron chi connectivity index (χ3n) is 2.60.